The van der Waals surface area contributed by atoms with Crippen LogP contribution in [0, 0.1) is 0 Å². The number of pyridine rings is 1. The van der Waals surface area contributed by atoms with Crippen LogP contribution in [0.25, 0.3) is 11.5 Å². The fraction of sp³-hybridized carbons (Fsp3) is 0.278. The molecular formula is C18H20N6O2S. The molecule has 0 saturated heterocycles. The third kappa shape index (κ3) is 4.62. The van der Waals surface area contributed by atoms with Gasteiger partial charge < -0.3 is 10.3 Å². The smallest absolute Gasteiger partial charge is 0.270 e. The summed E-state index contributed by atoms with van der Waals surface area (Å²) in [5, 5.41) is 6.99. The van der Waals surface area contributed by atoms with E-state index >= 15 is 0 Å². The van der Waals surface area contributed by atoms with Gasteiger partial charge in [-0.1, -0.05) is 6.07 Å². The molecule has 0 aliphatic carbocycles. The van der Waals surface area contributed by atoms with Gasteiger partial charge in [-0.2, -0.15) is 16.9 Å². The third-order valence-electron chi connectivity index (χ3n) is 4.00. The van der Waals surface area contributed by atoms with E-state index in [4.69, 9.17) is 0 Å². The first-order chi connectivity index (χ1) is 13.1. The molecule has 140 valence electrons. The summed E-state index contributed by atoms with van der Waals surface area (Å²) in [5.41, 5.74) is 1.23. The highest BCUT2D eigenvalue weighted by Gasteiger charge is 2.20. The van der Waals surface area contributed by atoms with Crippen molar-refractivity contribution in [2.75, 3.05) is 12.0 Å². The lowest BCUT2D eigenvalue weighted by atomic mass is 10.1. The monoisotopic (exact) mass is 384 g/mol. The molecule has 0 aliphatic rings. The quantitative estimate of drug-likeness (QED) is 0.643. The van der Waals surface area contributed by atoms with Crippen LogP contribution in [0.1, 0.15) is 28.6 Å². The number of hydrogen-bond acceptors (Lipinski definition) is 6. The summed E-state index contributed by atoms with van der Waals surface area (Å²) in [5.74, 6) is 0.925. The van der Waals surface area contributed by atoms with E-state index in [0.29, 0.717) is 29.3 Å². The van der Waals surface area contributed by atoms with Crippen LogP contribution >= 0.6 is 11.8 Å². The number of hydrogen-bond donors (Lipinski definition) is 2. The molecule has 0 aromatic carbocycles. The summed E-state index contributed by atoms with van der Waals surface area (Å²) in [6.45, 7) is 0. The van der Waals surface area contributed by atoms with Gasteiger partial charge >= 0.3 is 0 Å². The van der Waals surface area contributed by atoms with Crippen LogP contribution in [0.3, 0.4) is 0 Å². The Morgan fingerprint density at radius 1 is 1.33 bits per heavy atom. The zero-order chi connectivity index (χ0) is 19.2. The molecule has 3 aromatic heterocycles. The highest BCUT2D eigenvalue weighted by molar-refractivity contribution is 7.98. The number of thioether (sulfide) groups is 1. The fourth-order valence-electron chi connectivity index (χ4n) is 2.64. The van der Waals surface area contributed by atoms with Crippen molar-refractivity contribution in [1.29, 1.82) is 0 Å². The SMILES string of the molecule is CSCCC(NC(=O)c1ccnn1C)c1cc(=O)[nH]c(-c2ccccn2)n1. The van der Waals surface area contributed by atoms with Crippen LogP contribution in [0.2, 0.25) is 0 Å². The number of nitrogens with zero attached hydrogens (tertiary/aromatic N) is 4. The zero-order valence-electron chi connectivity index (χ0n) is 15.0. The molecule has 0 bridgehead atoms. The van der Waals surface area contributed by atoms with Gasteiger partial charge in [0.2, 0.25) is 0 Å². The molecule has 3 rings (SSSR count). The number of aromatic amines is 1. The number of carbonyl (C=O) groups excluding carboxylic acids is 1. The highest BCUT2D eigenvalue weighted by Crippen LogP contribution is 2.19. The molecule has 0 fully saturated rings. The maximum Gasteiger partial charge on any atom is 0.270 e. The first-order valence-electron chi connectivity index (χ1n) is 8.39. The summed E-state index contributed by atoms with van der Waals surface area (Å²) < 4.78 is 1.51. The lowest BCUT2D eigenvalue weighted by Gasteiger charge is -2.18. The molecular weight excluding hydrogens is 364 g/mol. The number of amides is 1. The molecule has 1 amide bonds. The van der Waals surface area contributed by atoms with Gasteiger partial charge in [-0.05, 0) is 36.6 Å². The average Bonchev–Trinajstić information content (AvgIpc) is 3.11. The van der Waals surface area contributed by atoms with E-state index < -0.39 is 6.04 Å². The van der Waals surface area contributed by atoms with Crippen molar-refractivity contribution < 1.29 is 4.79 Å². The second kappa shape index (κ2) is 8.63. The summed E-state index contributed by atoms with van der Waals surface area (Å²) in [4.78, 5) is 36.3. The minimum absolute atomic E-state index is 0.262. The second-order valence-electron chi connectivity index (χ2n) is 5.88. The fourth-order valence-corrected chi connectivity index (χ4v) is 3.11. The van der Waals surface area contributed by atoms with Gasteiger partial charge in [0.05, 0.1) is 11.7 Å². The van der Waals surface area contributed by atoms with E-state index in [1.807, 2.05) is 12.3 Å². The third-order valence-corrected chi connectivity index (χ3v) is 4.64. The van der Waals surface area contributed by atoms with Crippen molar-refractivity contribution in [1.82, 2.24) is 30.0 Å². The van der Waals surface area contributed by atoms with Crippen LogP contribution in [0.15, 0.2) is 47.5 Å². The predicted molar refractivity (Wildman–Crippen MR) is 105 cm³/mol. The maximum absolute atomic E-state index is 12.6. The predicted octanol–water partition coefficient (Wildman–Crippen LogP) is 1.79. The Balaban J connectivity index is 1.93. The molecule has 0 aliphatic heterocycles. The molecule has 0 radical (unpaired) electrons. The Morgan fingerprint density at radius 2 is 2.19 bits per heavy atom. The molecule has 2 N–H and O–H groups in total. The first kappa shape index (κ1) is 18.8. The van der Waals surface area contributed by atoms with Gasteiger partial charge in [-0.3, -0.25) is 19.3 Å². The Morgan fingerprint density at radius 3 is 2.85 bits per heavy atom. The van der Waals surface area contributed by atoms with Gasteiger partial charge in [-0.25, -0.2) is 4.98 Å². The molecule has 9 heteroatoms. The van der Waals surface area contributed by atoms with Crippen LogP contribution < -0.4 is 10.9 Å². The maximum atomic E-state index is 12.6. The van der Waals surface area contributed by atoms with Crippen molar-refractivity contribution in [3.05, 3.63) is 64.5 Å². The Hall–Kier alpha value is -2.94. The van der Waals surface area contributed by atoms with Gasteiger partial charge in [0.15, 0.2) is 5.82 Å². The largest absolute Gasteiger partial charge is 0.342 e. The van der Waals surface area contributed by atoms with Crippen molar-refractivity contribution >= 4 is 17.7 Å². The Labute approximate surface area is 160 Å². The molecule has 0 saturated carbocycles. The Kier molecular flexibility index (Phi) is 6.02. The van der Waals surface area contributed by atoms with Gasteiger partial charge in [0.25, 0.3) is 11.5 Å². The number of carbonyl (C=O) groups is 1. The number of aromatic nitrogens is 5. The summed E-state index contributed by atoms with van der Waals surface area (Å²) >= 11 is 1.66. The van der Waals surface area contributed by atoms with Gasteiger partial charge in [0, 0.05) is 25.5 Å². The number of aryl methyl sites for hydroxylation is 1. The van der Waals surface area contributed by atoms with Crippen LogP contribution in [0.4, 0.5) is 0 Å². The first-order valence-corrected chi connectivity index (χ1v) is 9.78. The van der Waals surface area contributed by atoms with Crippen molar-refractivity contribution in [2.45, 2.75) is 12.5 Å². The molecule has 3 aromatic rings. The van der Waals surface area contributed by atoms with Gasteiger partial charge in [0.1, 0.15) is 11.4 Å². The molecule has 0 spiro atoms. The minimum Gasteiger partial charge on any atom is -0.342 e. The van der Waals surface area contributed by atoms with Gasteiger partial charge in [-0.15, -0.1) is 0 Å². The summed E-state index contributed by atoms with van der Waals surface area (Å²) in [7, 11) is 1.70. The molecule has 8 nitrogen and oxygen atoms in total. The molecule has 3 heterocycles. The van der Waals surface area contributed by atoms with Crippen LogP contribution in [-0.4, -0.2) is 42.6 Å². The molecule has 1 atom stereocenters. The van der Waals surface area contributed by atoms with Crippen molar-refractivity contribution in [2.24, 2.45) is 7.05 Å². The highest BCUT2D eigenvalue weighted by atomic mass is 32.2. The zero-order valence-corrected chi connectivity index (χ0v) is 15.9. The van der Waals surface area contributed by atoms with E-state index in [1.165, 1.54) is 10.7 Å². The van der Waals surface area contributed by atoms with E-state index in [0.717, 1.165) is 5.75 Å². The number of H-pyrrole nitrogens is 1. The number of rotatable bonds is 7. The second-order valence-corrected chi connectivity index (χ2v) is 6.87. The summed E-state index contributed by atoms with van der Waals surface area (Å²) in [6, 6.07) is 8.05. The lowest BCUT2D eigenvalue weighted by Crippen LogP contribution is -2.32. The van der Waals surface area contributed by atoms with E-state index in [-0.39, 0.29) is 11.5 Å². The van der Waals surface area contributed by atoms with Crippen molar-refractivity contribution in [3.63, 3.8) is 0 Å². The van der Waals surface area contributed by atoms with E-state index in [2.05, 4.69) is 25.4 Å². The van der Waals surface area contributed by atoms with Crippen molar-refractivity contribution in [3.8, 4) is 11.5 Å². The lowest BCUT2D eigenvalue weighted by molar-refractivity contribution is 0.0925. The molecule has 1 unspecified atom stereocenters. The standard InChI is InChI=1S/C18H20N6O2S/c1-24-15(6-9-20-24)18(26)22-12(7-10-27-2)14-11-16(25)23-17(21-14)13-5-3-4-8-19-13/h3-6,8-9,11-12H,7,10H2,1-2H3,(H,22,26)(H,21,23,25). The van der Waals surface area contributed by atoms with E-state index in [1.54, 1.807) is 49.4 Å². The normalized spacial score (nSPS) is 11.9. The summed E-state index contributed by atoms with van der Waals surface area (Å²) in [6.07, 6.45) is 5.83. The number of nitrogens with one attached hydrogen (secondary N) is 2. The van der Waals surface area contributed by atoms with Crippen LogP contribution in [0.5, 0.6) is 0 Å². The minimum atomic E-state index is -0.399. The topological polar surface area (TPSA) is 106 Å². The van der Waals surface area contributed by atoms with Crippen LogP contribution in [-0.2, 0) is 7.05 Å². The molecule has 27 heavy (non-hydrogen) atoms. The average molecular weight is 384 g/mol. The Bertz CT molecular complexity index is 969. The van der Waals surface area contributed by atoms with E-state index in [9.17, 15) is 9.59 Å².